The lowest BCUT2D eigenvalue weighted by Crippen LogP contribution is -2.12. The van der Waals surface area contributed by atoms with E-state index < -0.39 is 16.8 Å². The zero-order valence-corrected chi connectivity index (χ0v) is 14.1. The number of benzene rings is 2. The highest BCUT2D eigenvalue weighted by Crippen LogP contribution is 2.41. The first-order valence-electron chi connectivity index (χ1n) is 7.15. The van der Waals surface area contributed by atoms with Crippen LogP contribution in [0.1, 0.15) is 42.3 Å². The highest BCUT2D eigenvalue weighted by Gasteiger charge is 2.33. The quantitative estimate of drug-likeness (QED) is 0.686. The maximum atomic E-state index is 13.1. The smallest absolute Gasteiger partial charge is 0.417 e. The van der Waals surface area contributed by atoms with Crippen molar-refractivity contribution in [1.29, 1.82) is 0 Å². The van der Waals surface area contributed by atoms with Gasteiger partial charge in [0.1, 0.15) is 5.75 Å². The van der Waals surface area contributed by atoms with E-state index >= 15 is 0 Å². The third-order valence-electron chi connectivity index (χ3n) is 3.72. The molecule has 0 unspecified atom stereocenters. The molecule has 0 fully saturated rings. The molecule has 6 heteroatoms. The summed E-state index contributed by atoms with van der Waals surface area (Å²) in [5.74, 6) is -0.353. The molecule has 2 aromatic rings. The van der Waals surface area contributed by atoms with Gasteiger partial charge in [0.2, 0.25) is 0 Å². The molecule has 24 heavy (non-hydrogen) atoms. The lowest BCUT2D eigenvalue weighted by atomic mass is 9.83. The van der Waals surface area contributed by atoms with Gasteiger partial charge in [-0.25, -0.2) is 0 Å². The van der Waals surface area contributed by atoms with Crippen molar-refractivity contribution in [1.82, 2.24) is 0 Å². The van der Waals surface area contributed by atoms with Gasteiger partial charge in [0, 0.05) is 5.56 Å². The summed E-state index contributed by atoms with van der Waals surface area (Å²) in [5.41, 5.74) is -0.290. The fraction of sp³-hybridized carbons (Fsp3) is 0.278. The van der Waals surface area contributed by atoms with Crippen LogP contribution in [0.15, 0.2) is 30.3 Å². The maximum absolute atomic E-state index is 13.1. The molecule has 1 N–H and O–H groups in total. The largest absolute Gasteiger partial charge is 0.507 e. The monoisotopic (exact) mass is 356 g/mol. The van der Waals surface area contributed by atoms with Gasteiger partial charge < -0.3 is 5.11 Å². The van der Waals surface area contributed by atoms with E-state index in [2.05, 4.69) is 0 Å². The van der Waals surface area contributed by atoms with Gasteiger partial charge in [-0.2, -0.15) is 13.2 Å². The molecule has 0 saturated carbocycles. The molecule has 0 aliphatic rings. The number of carbonyl (C=O) groups is 1. The fourth-order valence-corrected chi connectivity index (χ4v) is 2.53. The number of halogens is 4. The van der Waals surface area contributed by atoms with Gasteiger partial charge in [-0.3, -0.25) is 4.79 Å². The molecular formula is C18H16ClF3O2. The molecule has 0 saturated heterocycles. The van der Waals surface area contributed by atoms with Crippen LogP contribution in [0.3, 0.4) is 0 Å². The van der Waals surface area contributed by atoms with Gasteiger partial charge in [0.15, 0.2) is 6.29 Å². The van der Waals surface area contributed by atoms with Gasteiger partial charge in [0.25, 0.3) is 0 Å². The number of aldehydes is 1. The Hall–Kier alpha value is -2.01. The minimum atomic E-state index is -4.61. The van der Waals surface area contributed by atoms with Crippen molar-refractivity contribution in [3.63, 3.8) is 0 Å². The average molecular weight is 357 g/mol. The van der Waals surface area contributed by atoms with Crippen LogP contribution in [0.25, 0.3) is 11.1 Å². The Kier molecular flexibility index (Phi) is 4.68. The van der Waals surface area contributed by atoms with Crippen LogP contribution >= 0.6 is 11.6 Å². The van der Waals surface area contributed by atoms with Crippen LogP contribution in [0.5, 0.6) is 5.75 Å². The standard InChI is InChI=1S/C18H16ClF3O2/c1-17(2,3)12-6-11(9-23)16(24)13(8-12)10-4-5-15(19)14(7-10)18(20,21)22/h4-9,24H,1-3H3. The van der Waals surface area contributed by atoms with Crippen molar-refractivity contribution in [2.24, 2.45) is 0 Å². The minimum absolute atomic E-state index is 0.0286. The number of rotatable bonds is 2. The number of alkyl halides is 3. The highest BCUT2D eigenvalue weighted by atomic mass is 35.5. The first-order chi connectivity index (χ1) is 10.9. The summed E-state index contributed by atoms with van der Waals surface area (Å²) in [6.07, 6.45) is -4.13. The second-order valence-electron chi connectivity index (χ2n) is 6.52. The van der Waals surface area contributed by atoms with E-state index in [1.54, 1.807) is 6.07 Å². The van der Waals surface area contributed by atoms with Crippen LogP contribution < -0.4 is 0 Å². The van der Waals surface area contributed by atoms with Gasteiger partial charge in [-0.15, -0.1) is 0 Å². The summed E-state index contributed by atoms with van der Waals surface area (Å²) in [6, 6.07) is 6.51. The molecule has 0 aromatic heterocycles. The Morgan fingerprint density at radius 1 is 1.08 bits per heavy atom. The summed E-state index contributed by atoms with van der Waals surface area (Å²) in [5, 5.41) is 9.83. The first-order valence-corrected chi connectivity index (χ1v) is 7.52. The normalized spacial score (nSPS) is 12.3. The van der Waals surface area contributed by atoms with E-state index in [-0.39, 0.29) is 27.9 Å². The molecule has 2 nitrogen and oxygen atoms in total. The van der Waals surface area contributed by atoms with Crippen molar-refractivity contribution in [3.05, 3.63) is 52.0 Å². The Bertz CT molecular complexity index is 790. The number of phenolic OH excluding ortho intramolecular Hbond substituents is 1. The Balaban J connectivity index is 2.75. The lowest BCUT2D eigenvalue weighted by Gasteiger charge is -2.22. The fourth-order valence-electron chi connectivity index (χ4n) is 2.31. The second-order valence-corrected chi connectivity index (χ2v) is 6.93. The van der Waals surface area contributed by atoms with Crippen molar-refractivity contribution < 1.29 is 23.1 Å². The van der Waals surface area contributed by atoms with Gasteiger partial charge in [0.05, 0.1) is 16.1 Å². The van der Waals surface area contributed by atoms with E-state index in [4.69, 9.17) is 11.6 Å². The molecule has 0 spiro atoms. The number of aromatic hydroxyl groups is 1. The zero-order valence-electron chi connectivity index (χ0n) is 13.3. The molecule has 0 aliphatic carbocycles. The molecule has 128 valence electrons. The summed E-state index contributed by atoms with van der Waals surface area (Å²) in [7, 11) is 0. The summed E-state index contributed by atoms with van der Waals surface area (Å²) in [6.45, 7) is 5.71. The third kappa shape index (κ3) is 3.56. The van der Waals surface area contributed by atoms with E-state index in [0.29, 0.717) is 6.29 Å². The maximum Gasteiger partial charge on any atom is 0.417 e. The second kappa shape index (κ2) is 6.13. The Morgan fingerprint density at radius 3 is 2.21 bits per heavy atom. The minimum Gasteiger partial charge on any atom is -0.507 e. The topological polar surface area (TPSA) is 37.3 Å². The predicted molar refractivity (Wildman–Crippen MR) is 87.6 cm³/mol. The zero-order chi connectivity index (χ0) is 18.3. The number of phenols is 1. The molecule has 2 aromatic carbocycles. The van der Waals surface area contributed by atoms with Gasteiger partial charge >= 0.3 is 6.18 Å². The molecule has 0 bridgehead atoms. The summed E-state index contributed by atoms with van der Waals surface area (Å²) < 4.78 is 39.2. The number of hydrogen-bond acceptors (Lipinski definition) is 2. The van der Waals surface area contributed by atoms with Crippen LogP contribution in [-0.2, 0) is 11.6 Å². The van der Waals surface area contributed by atoms with E-state index in [9.17, 15) is 23.1 Å². The van der Waals surface area contributed by atoms with E-state index in [1.807, 2.05) is 20.8 Å². The summed E-state index contributed by atoms with van der Waals surface area (Å²) >= 11 is 5.63. The summed E-state index contributed by atoms with van der Waals surface area (Å²) in [4.78, 5) is 11.2. The number of hydrogen-bond donors (Lipinski definition) is 1. The molecule has 0 amide bonds. The molecule has 2 rings (SSSR count). The molecule has 0 aliphatic heterocycles. The van der Waals surface area contributed by atoms with E-state index in [1.165, 1.54) is 12.1 Å². The van der Waals surface area contributed by atoms with Crippen LogP contribution in [0.4, 0.5) is 13.2 Å². The average Bonchev–Trinajstić information content (AvgIpc) is 2.46. The van der Waals surface area contributed by atoms with Gasteiger partial charge in [-0.1, -0.05) is 38.4 Å². The molecule has 0 heterocycles. The Labute approximate surface area is 142 Å². The van der Waals surface area contributed by atoms with Crippen molar-refractivity contribution in [3.8, 4) is 16.9 Å². The SMILES string of the molecule is CC(C)(C)c1cc(C=O)c(O)c(-c2ccc(Cl)c(C(F)(F)F)c2)c1. The Morgan fingerprint density at radius 2 is 1.71 bits per heavy atom. The van der Waals surface area contributed by atoms with Crippen molar-refractivity contribution in [2.75, 3.05) is 0 Å². The predicted octanol–water partition coefficient (Wildman–Crippen LogP) is 5.84. The lowest BCUT2D eigenvalue weighted by molar-refractivity contribution is -0.137. The van der Waals surface area contributed by atoms with Crippen molar-refractivity contribution >= 4 is 17.9 Å². The number of carbonyl (C=O) groups excluding carboxylic acids is 1. The molecule has 0 atom stereocenters. The van der Waals surface area contributed by atoms with Crippen molar-refractivity contribution in [2.45, 2.75) is 32.4 Å². The first kappa shape index (κ1) is 18.3. The van der Waals surface area contributed by atoms with Gasteiger partial charge in [-0.05, 0) is 40.8 Å². The van der Waals surface area contributed by atoms with Crippen LogP contribution in [-0.4, -0.2) is 11.4 Å². The highest BCUT2D eigenvalue weighted by molar-refractivity contribution is 6.31. The van der Waals surface area contributed by atoms with Crippen LogP contribution in [0, 0.1) is 0 Å². The van der Waals surface area contributed by atoms with Crippen LogP contribution in [0.2, 0.25) is 5.02 Å². The molecule has 0 radical (unpaired) electrons. The van der Waals surface area contributed by atoms with E-state index in [0.717, 1.165) is 17.7 Å². The third-order valence-corrected chi connectivity index (χ3v) is 4.04. The molecular weight excluding hydrogens is 341 g/mol.